The summed E-state index contributed by atoms with van der Waals surface area (Å²) in [6.07, 6.45) is 1.51. The molecule has 1 radical (unpaired) electrons. The van der Waals surface area contributed by atoms with Crippen molar-refractivity contribution in [2.24, 2.45) is 10.9 Å². The average Bonchev–Trinajstić information content (AvgIpc) is 3.29. The van der Waals surface area contributed by atoms with Gasteiger partial charge >= 0.3 is 176 Å². The number of nitrogens with one attached hydrogen (secondary N) is 1. The van der Waals surface area contributed by atoms with Crippen LogP contribution in [-0.4, -0.2) is 37.4 Å². The van der Waals surface area contributed by atoms with Crippen LogP contribution in [-0.2, 0) is 5.72 Å². The van der Waals surface area contributed by atoms with Crippen molar-refractivity contribution in [3.63, 3.8) is 0 Å². The van der Waals surface area contributed by atoms with Gasteiger partial charge in [-0.25, -0.2) is 0 Å². The molecule has 0 fully saturated rings. The molecule has 2 N–H and O–H groups in total. The van der Waals surface area contributed by atoms with Gasteiger partial charge in [0.2, 0.25) is 0 Å². The molecule has 0 spiro atoms. The van der Waals surface area contributed by atoms with Crippen molar-refractivity contribution < 1.29 is 14.3 Å². The summed E-state index contributed by atoms with van der Waals surface area (Å²) in [5.74, 6) is 0.807. The van der Waals surface area contributed by atoms with E-state index in [2.05, 4.69) is 26.9 Å². The SMILES string of the molecule is N=C=C1C([Se])=N[C@](O)(c2ccccc2)[C@@H](C(=O)c2ccccc2)[C@@H]1c1ccco1. The van der Waals surface area contributed by atoms with E-state index in [0.717, 1.165) is 0 Å². The number of carbonyl (C=O) groups excluding carboxylic acids is 1. The van der Waals surface area contributed by atoms with E-state index < -0.39 is 17.6 Å². The second kappa shape index (κ2) is 7.78. The topological polar surface area (TPSA) is 86.6 Å². The summed E-state index contributed by atoms with van der Waals surface area (Å²) in [5, 5.41) is 19.6. The van der Waals surface area contributed by atoms with E-state index in [1.807, 2.05) is 12.1 Å². The van der Waals surface area contributed by atoms with Crippen molar-refractivity contribution in [2.45, 2.75) is 11.6 Å². The average molecular weight is 448 g/mol. The Hall–Kier alpha value is -3.01. The van der Waals surface area contributed by atoms with E-state index in [1.54, 1.807) is 60.7 Å². The molecule has 143 valence electrons. The maximum atomic E-state index is 13.7. The van der Waals surface area contributed by atoms with Crippen LogP contribution in [0, 0.1) is 11.3 Å². The summed E-state index contributed by atoms with van der Waals surface area (Å²) in [7, 11) is 0. The van der Waals surface area contributed by atoms with E-state index in [1.165, 1.54) is 6.26 Å². The van der Waals surface area contributed by atoms with Crippen molar-refractivity contribution in [3.05, 3.63) is 102 Å². The Labute approximate surface area is 176 Å². The Bertz CT molecular complexity index is 1100. The fourth-order valence-corrected chi connectivity index (χ4v) is 4.43. The molecule has 4 rings (SSSR count). The summed E-state index contributed by atoms with van der Waals surface area (Å²) in [4.78, 5) is 18.1. The van der Waals surface area contributed by atoms with Gasteiger partial charge in [-0.2, -0.15) is 0 Å². The van der Waals surface area contributed by atoms with E-state index in [4.69, 9.17) is 9.83 Å². The van der Waals surface area contributed by atoms with Crippen LogP contribution in [0.2, 0.25) is 0 Å². The third kappa shape index (κ3) is 3.33. The number of nitrogens with zero attached hydrogens (tertiary/aromatic N) is 1. The van der Waals surface area contributed by atoms with Crippen LogP contribution in [0.15, 0.2) is 94.0 Å². The number of Topliss-reactive ketones (excluding diaryl/α,β-unsaturated/α-hetero) is 1. The number of ketones is 1. The molecule has 1 aliphatic heterocycles. The molecule has 3 atom stereocenters. The molecule has 0 unspecified atom stereocenters. The number of furan rings is 1. The molecule has 29 heavy (non-hydrogen) atoms. The minimum absolute atomic E-state index is 0.289. The van der Waals surface area contributed by atoms with E-state index in [9.17, 15) is 9.90 Å². The zero-order valence-corrected chi connectivity index (χ0v) is 17.0. The fraction of sp³-hybridized carbons (Fsp3) is 0.130. The van der Waals surface area contributed by atoms with Crippen LogP contribution >= 0.6 is 0 Å². The Kier molecular flexibility index (Phi) is 5.18. The summed E-state index contributed by atoms with van der Waals surface area (Å²) < 4.78 is 5.95. The molecule has 2 heterocycles. The molecular formula is C23H17N2O3Se. The first kappa shape index (κ1) is 19.3. The first-order valence-corrected chi connectivity index (χ1v) is 9.89. The molecule has 0 bridgehead atoms. The van der Waals surface area contributed by atoms with E-state index in [0.29, 0.717) is 27.1 Å². The Morgan fingerprint density at radius 2 is 1.72 bits per heavy atom. The van der Waals surface area contributed by atoms with Gasteiger partial charge in [0.05, 0.1) is 0 Å². The van der Waals surface area contributed by atoms with Gasteiger partial charge in [-0.15, -0.1) is 0 Å². The third-order valence-corrected chi connectivity index (χ3v) is 5.76. The Morgan fingerprint density at radius 3 is 2.31 bits per heavy atom. The molecular weight excluding hydrogens is 431 g/mol. The molecule has 2 aromatic carbocycles. The van der Waals surface area contributed by atoms with Crippen LogP contribution in [0.4, 0.5) is 0 Å². The van der Waals surface area contributed by atoms with Crippen LogP contribution < -0.4 is 0 Å². The van der Waals surface area contributed by atoms with Gasteiger partial charge < -0.3 is 0 Å². The van der Waals surface area contributed by atoms with Gasteiger partial charge in [-0.05, 0) is 0 Å². The van der Waals surface area contributed by atoms with Gasteiger partial charge in [-0.1, -0.05) is 0 Å². The van der Waals surface area contributed by atoms with Crippen molar-refractivity contribution in [2.75, 3.05) is 0 Å². The van der Waals surface area contributed by atoms with Gasteiger partial charge in [0, 0.05) is 0 Å². The minimum atomic E-state index is -1.84. The number of allylic oxidation sites excluding steroid dienone is 1. The predicted molar refractivity (Wildman–Crippen MR) is 110 cm³/mol. The van der Waals surface area contributed by atoms with Crippen molar-refractivity contribution in [3.8, 4) is 0 Å². The summed E-state index contributed by atoms with van der Waals surface area (Å²) in [6.45, 7) is 0. The normalized spacial score (nSPS) is 23.9. The second-order valence-electron chi connectivity index (χ2n) is 6.75. The fourth-order valence-electron chi connectivity index (χ4n) is 3.77. The van der Waals surface area contributed by atoms with Crippen molar-refractivity contribution >= 4 is 32.3 Å². The van der Waals surface area contributed by atoms with Gasteiger partial charge in [0.1, 0.15) is 0 Å². The molecule has 0 amide bonds. The number of hydrogen-bond acceptors (Lipinski definition) is 5. The maximum absolute atomic E-state index is 13.7. The molecule has 3 aromatic rings. The Morgan fingerprint density at radius 1 is 1.07 bits per heavy atom. The quantitative estimate of drug-likeness (QED) is 0.364. The summed E-state index contributed by atoms with van der Waals surface area (Å²) in [5.41, 5.74) is -0.532. The third-order valence-electron chi connectivity index (χ3n) is 5.10. The first-order chi connectivity index (χ1) is 14.1. The molecule has 0 aliphatic carbocycles. The summed E-state index contributed by atoms with van der Waals surface area (Å²) >= 11 is 2.81. The molecule has 5 nitrogen and oxygen atoms in total. The molecule has 1 aliphatic rings. The first-order valence-electron chi connectivity index (χ1n) is 9.03. The van der Waals surface area contributed by atoms with Crippen molar-refractivity contribution in [1.82, 2.24) is 0 Å². The van der Waals surface area contributed by atoms with Crippen LogP contribution in [0.3, 0.4) is 0 Å². The Balaban J connectivity index is 1.99. The zero-order chi connectivity index (χ0) is 20.4. The second-order valence-corrected chi connectivity index (χ2v) is 7.56. The molecule has 6 heteroatoms. The van der Waals surface area contributed by atoms with Crippen LogP contribution in [0.1, 0.15) is 27.6 Å². The van der Waals surface area contributed by atoms with Crippen LogP contribution in [0.25, 0.3) is 0 Å². The number of hydrogen-bond donors (Lipinski definition) is 2. The monoisotopic (exact) mass is 449 g/mol. The van der Waals surface area contributed by atoms with Crippen molar-refractivity contribution in [1.29, 1.82) is 5.41 Å². The molecule has 1 aromatic heterocycles. The molecule has 0 saturated heterocycles. The number of carbonyl (C=O) groups is 1. The number of rotatable bonds is 4. The van der Waals surface area contributed by atoms with Gasteiger partial charge in [0.15, 0.2) is 0 Å². The number of aliphatic hydroxyl groups is 1. The van der Waals surface area contributed by atoms with Crippen LogP contribution in [0.5, 0.6) is 0 Å². The number of aliphatic imine (C=N–C) groups is 1. The number of benzene rings is 2. The predicted octanol–water partition coefficient (Wildman–Crippen LogP) is 3.46. The van der Waals surface area contributed by atoms with E-state index in [-0.39, 0.29) is 5.78 Å². The van der Waals surface area contributed by atoms with E-state index >= 15 is 0 Å². The molecule has 0 saturated carbocycles. The zero-order valence-electron chi connectivity index (χ0n) is 15.3. The van der Waals surface area contributed by atoms with Gasteiger partial charge in [0.25, 0.3) is 0 Å². The van der Waals surface area contributed by atoms with Gasteiger partial charge in [-0.3, -0.25) is 0 Å². The summed E-state index contributed by atoms with van der Waals surface area (Å²) in [6, 6.07) is 21.1. The standard InChI is InChI=1S/C23H17N2O3Se/c24-14-17-19(18-12-7-13-28-18)20(21(26)15-8-3-1-4-9-15)23(27,25-22(17)29)16-10-5-2-6-11-16/h1-13,19-20,24,27H/t19-,20+,23-/m0/s1.